The van der Waals surface area contributed by atoms with E-state index in [9.17, 15) is 4.79 Å². The van der Waals surface area contributed by atoms with Gasteiger partial charge in [-0.25, -0.2) is 0 Å². The zero-order valence-electron chi connectivity index (χ0n) is 13.8. The summed E-state index contributed by atoms with van der Waals surface area (Å²) in [6.07, 6.45) is 11.3. The Labute approximate surface area is 137 Å². The lowest BCUT2D eigenvalue weighted by Crippen LogP contribution is -2.51. The van der Waals surface area contributed by atoms with Crippen LogP contribution < -0.4 is 5.32 Å². The van der Waals surface area contributed by atoms with Gasteiger partial charge in [-0.2, -0.15) is 0 Å². The summed E-state index contributed by atoms with van der Waals surface area (Å²) in [5.41, 5.74) is 0.446. The number of amides is 1. The number of carbonyl (C=O) groups excluding carboxylic acids is 1. The number of hydrogen-bond donors (Lipinski definition) is 1. The summed E-state index contributed by atoms with van der Waals surface area (Å²) in [5, 5.41) is 7.12. The zero-order valence-corrected chi connectivity index (χ0v) is 13.8. The smallest absolute Gasteiger partial charge is 0.273 e. The molecule has 4 rings (SSSR count). The molecule has 0 aromatic carbocycles. The van der Waals surface area contributed by atoms with Crippen LogP contribution in [0.2, 0.25) is 0 Å². The number of likely N-dealkylation sites (tertiary alicyclic amines) is 1. The topological polar surface area (TPSA) is 58.4 Å². The molecular weight excluding hydrogens is 290 g/mol. The summed E-state index contributed by atoms with van der Waals surface area (Å²) in [5.74, 6) is 1.30. The molecule has 1 saturated heterocycles. The van der Waals surface area contributed by atoms with Gasteiger partial charge >= 0.3 is 0 Å². The maximum absolute atomic E-state index is 12.4. The molecule has 2 aliphatic carbocycles. The Morgan fingerprint density at radius 3 is 2.74 bits per heavy atom. The van der Waals surface area contributed by atoms with Crippen molar-refractivity contribution in [3.8, 4) is 0 Å². The predicted molar refractivity (Wildman–Crippen MR) is 87.4 cm³/mol. The number of nitrogens with one attached hydrogen (secondary N) is 1. The number of nitrogens with zero attached hydrogens (tertiary/aromatic N) is 2. The van der Waals surface area contributed by atoms with Crippen molar-refractivity contribution in [1.29, 1.82) is 0 Å². The average molecular weight is 317 g/mol. The third-order valence-electron chi connectivity index (χ3n) is 5.62. The van der Waals surface area contributed by atoms with Crippen LogP contribution in [0.5, 0.6) is 0 Å². The molecule has 2 saturated carbocycles. The van der Waals surface area contributed by atoms with Crippen LogP contribution in [-0.2, 0) is 0 Å². The lowest BCUT2D eigenvalue weighted by atomic mass is 9.92. The quantitative estimate of drug-likeness (QED) is 0.927. The van der Waals surface area contributed by atoms with Crippen LogP contribution in [0.1, 0.15) is 80.0 Å². The fourth-order valence-corrected chi connectivity index (χ4v) is 4.12. The minimum atomic E-state index is -0.0730. The summed E-state index contributed by atoms with van der Waals surface area (Å²) < 4.78 is 5.29. The van der Waals surface area contributed by atoms with Gasteiger partial charge in [0.25, 0.3) is 5.91 Å². The summed E-state index contributed by atoms with van der Waals surface area (Å²) in [6.45, 7) is 2.18. The first-order valence-electron chi connectivity index (χ1n) is 9.31. The Bertz CT molecular complexity index is 546. The highest BCUT2D eigenvalue weighted by Crippen LogP contribution is 2.40. The lowest BCUT2D eigenvalue weighted by molar-refractivity contribution is 0.0828. The molecule has 5 nitrogen and oxygen atoms in total. The highest BCUT2D eigenvalue weighted by Gasteiger charge is 2.31. The second-order valence-corrected chi connectivity index (χ2v) is 7.49. The van der Waals surface area contributed by atoms with Crippen molar-refractivity contribution in [2.24, 2.45) is 0 Å². The third kappa shape index (κ3) is 3.60. The van der Waals surface area contributed by atoms with Gasteiger partial charge in [0, 0.05) is 30.6 Å². The summed E-state index contributed by atoms with van der Waals surface area (Å²) in [7, 11) is 0. The zero-order chi connectivity index (χ0) is 15.6. The van der Waals surface area contributed by atoms with Gasteiger partial charge in [0.15, 0.2) is 5.69 Å². The van der Waals surface area contributed by atoms with Gasteiger partial charge in [-0.3, -0.25) is 9.69 Å². The highest BCUT2D eigenvalue weighted by molar-refractivity contribution is 5.92. The van der Waals surface area contributed by atoms with E-state index in [1.165, 1.54) is 45.1 Å². The second-order valence-electron chi connectivity index (χ2n) is 7.49. The number of carbonyl (C=O) groups is 1. The van der Waals surface area contributed by atoms with E-state index in [4.69, 9.17) is 4.52 Å². The summed E-state index contributed by atoms with van der Waals surface area (Å²) in [6, 6.07) is 2.81. The number of hydrogen-bond acceptors (Lipinski definition) is 4. The Morgan fingerprint density at radius 1 is 1.13 bits per heavy atom. The van der Waals surface area contributed by atoms with Gasteiger partial charge < -0.3 is 9.84 Å². The molecule has 1 aromatic rings. The Morgan fingerprint density at radius 2 is 1.96 bits per heavy atom. The Balaban J connectivity index is 1.32. The van der Waals surface area contributed by atoms with E-state index >= 15 is 0 Å². The monoisotopic (exact) mass is 317 g/mol. The van der Waals surface area contributed by atoms with Gasteiger partial charge in [0.05, 0.1) is 0 Å². The lowest BCUT2D eigenvalue weighted by Gasteiger charge is -2.40. The molecule has 1 aliphatic heterocycles. The molecule has 3 fully saturated rings. The molecule has 1 N–H and O–H groups in total. The van der Waals surface area contributed by atoms with Crippen LogP contribution in [-0.4, -0.2) is 41.1 Å². The van der Waals surface area contributed by atoms with E-state index in [0.717, 1.165) is 37.6 Å². The molecule has 5 heteroatoms. The maximum Gasteiger partial charge on any atom is 0.273 e. The average Bonchev–Trinajstić information content (AvgIpc) is 3.33. The highest BCUT2D eigenvalue weighted by atomic mass is 16.5. The number of rotatable bonds is 4. The van der Waals surface area contributed by atoms with Gasteiger partial charge in [0.2, 0.25) is 0 Å². The van der Waals surface area contributed by atoms with E-state index in [2.05, 4.69) is 15.4 Å². The van der Waals surface area contributed by atoms with Crippen LogP contribution in [0.25, 0.3) is 0 Å². The second kappa shape index (κ2) is 6.63. The van der Waals surface area contributed by atoms with E-state index in [-0.39, 0.29) is 11.9 Å². The molecule has 126 valence electrons. The third-order valence-corrected chi connectivity index (χ3v) is 5.62. The molecule has 23 heavy (non-hydrogen) atoms. The molecule has 1 aromatic heterocycles. The van der Waals surface area contributed by atoms with Crippen LogP contribution in [0.4, 0.5) is 0 Å². The number of aromatic nitrogens is 1. The van der Waals surface area contributed by atoms with Crippen LogP contribution in [0, 0.1) is 0 Å². The van der Waals surface area contributed by atoms with Gasteiger partial charge in [-0.15, -0.1) is 0 Å². The molecule has 1 amide bonds. The maximum atomic E-state index is 12.4. The van der Waals surface area contributed by atoms with E-state index < -0.39 is 0 Å². The summed E-state index contributed by atoms with van der Waals surface area (Å²) >= 11 is 0. The van der Waals surface area contributed by atoms with Crippen molar-refractivity contribution in [2.75, 3.05) is 13.1 Å². The largest absolute Gasteiger partial charge is 0.360 e. The molecule has 2 heterocycles. The molecule has 1 atom stereocenters. The first-order valence-corrected chi connectivity index (χ1v) is 9.31. The fourth-order valence-electron chi connectivity index (χ4n) is 4.12. The molecule has 1 unspecified atom stereocenters. The number of piperidine rings is 1. The van der Waals surface area contributed by atoms with Crippen molar-refractivity contribution < 1.29 is 9.32 Å². The van der Waals surface area contributed by atoms with E-state index in [1.807, 2.05) is 6.07 Å². The van der Waals surface area contributed by atoms with E-state index in [1.54, 1.807) is 0 Å². The van der Waals surface area contributed by atoms with Crippen molar-refractivity contribution >= 4 is 5.91 Å². The fraction of sp³-hybridized carbons (Fsp3) is 0.778. The molecule has 3 aliphatic rings. The van der Waals surface area contributed by atoms with Gasteiger partial charge in [0.1, 0.15) is 5.76 Å². The van der Waals surface area contributed by atoms with Crippen LogP contribution >= 0.6 is 0 Å². The van der Waals surface area contributed by atoms with Crippen LogP contribution in [0.3, 0.4) is 0 Å². The molecule has 0 spiro atoms. The first kappa shape index (κ1) is 15.2. The summed E-state index contributed by atoms with van der Waals surface area (Å²) in [4.78, 5) is 15.0. The first-order chi connectivity index (χ1) is 11.3. The Hall–Kier alpha value is -1.36. The molecule has 0 bridgehead atoms. The SMILES string of the molecule is O=C(NC1CCCN(C2CCCCC2)C1)c1cc(C2CC2)on1. The Kier molecular flexibility index (Phi) is 4.38. The van der Waals surface area contributed by atoms with Gasteiger partial charge in [-0.05, 0) is 45.1 Å². The van der Waals surface area contributed by atoms with Crippen molar-refractivity contribution in [3.63, 3.8) is 0 Å². The van der Waals surface area contributed by atoms with Crippen molar-refractivity contribution in [2.45, 2.75) is 75.8 Å². The molecule has 0 radical (unpaired) electrons. The van der Waals surface area contributed by atoms with Gasteiger partial charge in [-0.1, -0.05) is 24.4 Å². The van der Waals surface area contributed by atoms with Crippen molar-refractivity contribution in [3.05, 3.63) is 17.5 Å². The molecular formula is C18H27N3O2. The standard InChI is InChI=1S/C18H27N3O2/c22-18(16-11-17(23-20-16)13-8-9-13)19-14-5-4-10-21(12-14)15-6-2-1-3-7-15/h11,13-15H,1-10,12H2,(H,19,22). The van der Waals surface area contributed by atoms with E-state index in [0.29, 0.717) is 11.6 Å². The minimum Gasteiger partial charge on any atom is -0.360 e. The minimum absolute atomic E-state index is 0.0730. The normalized spacial score (nSPS) is 27.0. The van der Waals surface area contributed by atoms with Crippen molar-refractivity contribution in [1.82, 2.24) is 15.4 Å². The van der Waals surface area contributed by atoms with Crippen LogP contribution in [0.15, 0.2) is 10.6 Å². The predicted octanol–water partition coefficient (Wildman–Crippen LogP) is 3.08.